The highest BCUT2D eigenvalue weighted by Gasteiger charge is 2.22. The first-order chi connectivity index (χ1) is 13.9. The maximum absolute atomic E-state index is 12.9. The number of carbonyl (C=O) groups excluding carboxylic acids is 2. The number of aromatic nitrogens is 2. The number of amides is 2. The molecule has 1 aliphatic carbocycles. The second kappa shape index (κ2) is 7.75. The lowest BCUT2D eigenvalue weighted by Crippen LogP contribution is -2.38. The topological polar surface area (TPSA) is 84.3 Å². The third-order valence-corrected chi connectivity index (χ3v) is 6.13. The molecule has 2 aromatic heterocycles. The highest BCUT2D eigenvalue weighted by molar-refractivity contribution is 7.18. The first-order valence-electron chi connectivity index (χ1n) is 9.21. The van der Waals surface area contributed by atoms with Crippen molar-refractivity contribution in [2.24, 2.45) is 0 Å². The van der Waals surface area contributed by atoms with Gasteiger partial charge in [0, 0.05) is 17.6 Å². The molecule has 1 aromatic carbocycles. The third-order valence-electron chi connectivity index (χ3n) is 4.93. The number of thiophene rings is 1. The van der Waals surface area contributed by atoms with E-state index in [4.69, 9.17) is 0 Å². The first kappa shape index (κ1) is 19.3. The van der Waals surface area contributed by atoms with E-state index >= 15 is 0 Å². The van der Waals surface area contributed by atoms with Gasteiger partial charge in [-0.25, -0.2) is 9.37 Å². The summed E-state index contributed by atoms with van der Waals surface area (Å²) in [4.78, 5) is 45.0. The standard InChI is InChI=1S/C20H19FN4O3S/c1-24(9-16(26)23-13-7-5-12(21)6-8-13)17(27)10-25-11-22-19-18(20(25)28)14-3-2-4-15(14)29-19/h5-8,11H,2-4,9-10H2,1H3,(H,23,26). The number of nitrogens with one attached hydrogen (secondary N) is 1. The summed E-state index contributed by atoms with van der Waals surface area (Å²) in [5.41, 5.74) is 1.29. The largest absolute Gasteiger partial charge is 0.335 e. The minimum atomic E-state index is -0.413. The lowest BCUT2D eigenvalue weighted by Gasteiger charge is -2.17. The van der Waals surface area contributed by atoms with Crippen molar-refractivity contribution in [3.05, 3.63) is 57.2 Å². The molecule has 1 N–H and O–H groups in total. The molecular formula is C20H19FN4O3S. The van der Waals surface area contributed by atoms with Crippen molar-refractivity contribution in [1.82, 2.24) is 14.5 Å². The van der Waals surface area contributed by atoms with E-state index < -0.39 is 11.7 Å². The Morgan fingerprint density at radius 2 is 2.03 bits per heavy atom. The van der Waals surface area contributed by atoms with E-state index in [1.54, 1.807) is 11.3 Å². The van der Waals surface area contributed by atoms with Crippen LogP contribution in [-0.2, 0) is 29.0 Å². The second-order valence-electron chi connectivity index (χ2n) is 7.02. The van der Waals surface area contributed by atoms with Crippen LogP contribution in [0.5, 0.6) is 0 Å². The van der Waals surface area contributed by atoms with Crippen molar-refractivity contribution >= 4 is 39.1 Å². The van der Waals surface area contributed by atoms with E-state index in [2.05, 4.69) is 10.3 Å². The summed E-state index contributed by atoms with van der Waals surface area (Å²) in [7, 11) is 1.49. The van der Waals surface area contributed by atoms with Crippen LogP contribution in [0.3, 0.4) is 0 Å². The SMILES string of the molecule is CN(CC(=O)Nc1ccc(F)cc1)C(=O)Cn1cnc2sc3c(c2c1=O)CCC3. The van der Waals surface area contributed by atoms with Gasteiger partial charge in [0.05, 0.1) is 18.3 Å². The molecule has 0 bridgehead atoms. The van der Waals surface area contributed by atoms with Crippen molar-refractivity contribution in [3.63, 3.8) is 0 Å². The number of aryl methyl sites for hydroxylation is 2. The number of benzene rings is 1. The number of fused-ring (bicyclic) bond motifs is 3. The number of nitrogens with zero attached hydrogens (tertiary/aromatic N) is 3. The van der Waals surface area contributed by atoms with Gasteiger partial charge in [0.1, 0.15) is 17.2 Å². The highest BCUT2D eigenvalue weighted by Crippen LogP contribution is 2.34. The highest BCUT2D eigenvalue weighted by atomic mass is 32.1. The fourth-order valence-corrected chi connectivity index (χ4v) is 4.66. The molecule has 4 rings (SSSR count). The molecule has 0 unspecified atom stereocenters. The minimum Gasteiger partial charge on any atom is -0.335 e. The molecule has 0 saturated heterocycles. The minimum absolute atomic E-state index is 0.186. The van der Waals surface area contributed by atoms with Crippen LogP contribution in [0.1, 0.15) is 16.9 Å². The summed E-state index contributed by atoms with van der Waals surface area (Å²) in [5, 5.41) is 3.22. The zero-order chi connectivity index (χ0) is 20.5. The van der Waals surface area contributed by atoms with Crippen LogP contribution >= 0.6 is 11.3 Å². The van der Waals surface area contributed by atoms with E-state index in [0.717, 1.165) is 29.7 Å². The summed E-state index contributed by atoms with van der Waals surface area (Å²) in [6, 6.07) is 5.35. The number of halogens is 1. The van der Waals surface area contributed by atoms with Crippen LogP contribution in [-0.4, -0.2) is 39.9 Å². The predicted molar refractivity (Wildman–Crippen MR) is 109 cm³/mol. The van der Waals surface area contributed by atoms with Gasteiger partial charge in [0.15, 0.2) is 0 Å². The van der Waals surface area contributed by atoms with Gasteiger partial charge in [0.2, 0.25) is 11.8 Å². The van der Waals surface area contributed by atoms with Gasteiger partial charge in [-0.15, -0.1) is 11.3 Å². The van der Waals surface area contributed by atoms with E-state index in [0.29, 0.717) is 11.1 Å². The normalized spacial score (nSPS) is 12.8. The Kier molecular flexibility index (Phi) is 5.14. The van der Waals surface area contributed by atoms with Crippen LogP contribution in [0.25, 0.3) is 10.2 Å². The molecule has 0 radical (unpaired) electrons. The molecule has 0 atom stereocenters. The molecule has 0 spiro atoms. The maximum atomic E-state index is 12.9. The summed E-state index contributed by atoms with van der Waals surface area (Å²) in [6.07, 6.45) is 4.27. The Labute approximate surface area is 169 Å². The quantitative estimate of drug-likeness (QED) is 0.694. The van der Waals surface area contributed by atoms with Gasteiger partial charge >= 0.3 is 0 Å². The number of rotatable bonds is 5. The molecule has 2 heterocycles. The lowest BCUT2D eigenvalue weighted by atomic mass is 10.2. The average molecular weight is 414 g/mol. The summed E-state index contributed by atoms with van der Waals surface area (Å²) < 4.78 is 14.2. The van der Waals surface area contributed by atoms with E-state index in [9.17, 15) is 18.8 Å². The second-order valence-corrected chi connectivity index (χ2v) is 8.10. The van der Waals surface area contributed by atoms with Gasteiger partial charge in [-0.05, 0) is 49.1 Å². The van der Waals surface area contributed by atoms with Crippen molar-refractivity contribution in [3.8, 4) is 0 Å². The summed E-state index contributed by atoms with van der Waals surface area (Å²) in [6.45, 7) is -0.374. The Hall–Kier alpha value is -3.07. The van der Waals surface area contributed by atoms with Crippen molar-refractivity contribution in [1.29, 1.82) is 0 Å². The van der Waals surface area contributed by atoms with Crippen LogP contribution in [0.4, 0.5) is 10.1 Å². The summed E-state index contributed by atoms with van der Waals surface area (Å²) in [5.74, 6) is -1.19. The van der Waals surface area contributed by atoms with Crippen LogP contribution in [0.15, 0.2) is 35.4 Å². The Balaban J connectivity index is 1.43. The fraction of sp³-hybridized carbons (Fsp3) is 0.300. The van der Waals surface area contributed by atoms with Crippen molar-refractivity contribution < 1.29 is 14.0 Å². The molecule has 0 aliphatic heterocycles. The van der Waals surface area contributed by atoms with Crippen LogP contribution < -0.4 is 10.9 Å². The first-order valence-corrected chi connectivity index (χ1v) is 10.0. The van der Waals surface area contributed by atoms with Gasteiger partial charge in [-0.1, -0.05) is 0 Å². The predicted octanol–water partition coefficient (Wildman–Crippen LogP) is 2.18. The Bertz CT molecular complexity index is 1150. The summed E-state index contributed by atoms with van der Waals surface area (Å²) >= 11 is 1.55. The van der Waals surface area contributed by atoms with E-state index in [1.807, 2.05) is 0 Å². The fourth-order valence-electron chi connectivity index (χ4n) is 3.44. The molecule has 29 heavy (non-hydrogen) atoms. The van der Waals surface area contributed by atoms with Gasteiger partial charge in [-0.3, -0.25) is 19.0 Å². The van der Waals surface area contributed by atoms with Crippen LogP contribution in [0, 0.1) is 5.82 Å². The molecule has 9 heteroatoms. The molecule has 150 valence electrons. The van der Waals surface area contributed by atoms with Gasteiger partial charge < -0.3 is 10.2 Å². The molecule has 0 fully saturated rings. The van der Waals surface area contributed by atoms with Gasteiger partial charge in [0.25, 0.3) is 5.56 Å². The van der Waals surface area contributed by atoms with Crippen molar-refractivity contribution in [2.45, 2.75) is 25.8 Å². The monoisotopic (exact) mass is 414 g/mol. The Morgan fingerprint density at radius 1 is 1.28 bits per heavy atom. The number of hydrogen-bond donors (Lipinski definition) is 1. The average Bonchev–Trinajstić information content (AvgIpc) is 3.26. The number of likely N-dealkylation sites (N-methyl/N-ethyl adjacent to an activating group) is 1. The zero-order valence-electron chi connectivity index (χ0n) is 15.8. The Morgan fingerprint density at radius 3 is 2.79 bits per heavy atom. The number of anilines is 1. The smallest absolute Gasteiger partial charge is 0.262 e. The van der Waals surface area contributed by atoms with Crippen molar-refractivity contribution in [2.75, 3.05) is 18.9 Å². The molecule has 3 aromatic rings. The van der Waals surface area contributed by atoms with Gasteiger partial charge in [-0.2, -0.15) is 0 Å². The molecule has 2 amide bonds. The maximum Gasteiger partial charge on any atom is 0.262 e. The molecular weight excluding hydrogens is 395 g/mol. The van der Waals surface area contributed by atoms with E-state index in [1.165, 1.54) is 52.0 Å². The number of carbonyl (C=O) groups is 2. The molecule has 1 aliphatic rings. The third kappa shape index (κ3) is 3.91. The van der Waals surface area contributed by atoms with Crippen LogP contribution in [0.2, 0.25) is 0 Å². The lowest BCUT2D eigenvalue weighted by molar-refractivity contribution is -0.133. The number of hydrogen-bond acceptors (Lipinski definition) is 5. The van der Waals surface area contributed by atoms with E-state index in [-0.39, 0.29) is 24.6 Å². The zero-order valence-corrected chi connectivity index (χ0v) is 16.6. The molecule has 7 nitrogen and oxygen atoms in total. The molecule has 0 saturated carbocycles.